The summed E-state index contributed by atoms with van der Waals surface area (Å²) in [6.45, 7) is -1.62. The molecule has 1 heterocycles. The second-order valence-electron chi connectivity index (χ2n) is 4.71. The average Bonchev–Trinajstić information content (AvgIpc) is 2.73. The molecule has 1 fully saturated rings. The van der Waals surface area contributed by atoms with E-state index in [1.54, 1.807) is 0 Å². The van der Waals surface area contributed by atoms with Crippen LogP contribution in [0, 0.1) is 5.92 Å². The smallest absolute Gasteiger partial charge is 0.405 e. The van der Waals surface area contributed by atoms with Crippen LogP contribution in [0.2, 0.25) is 0 Å². The molecule has 1 aliphatic carbocycles. The third-order valence-electron chi connectivity index (χ3n) is 3.30. The van der Waals surface area contributed by atoms with Gasteiger partial charge in [-0.2, -0.15) is 13.2 Å². The maximum Gasteiger partial charge on any atom is 0.405 e. The third kappa shape index (κ3) is 3.10. The predicted octanol–water partition coefficient (Wildman–Crippen LogP) is -1.00. The van der Waals surface area contributed by atoms with Crippen LogP contribution in [0.3, 0.4) is 0 Å². The highest BCUT2D eigenvalue weighted by Gasteiger charge is 2.48. The number of aliphatic hydroxyl groups excluding tert-OH is 3. The minimum absolute atomic E-state index is 0.222. The topological polar surface area (TPSA) is 94.3 Å². The first-order chi connectivity index (χ1) is 8.81. The number of nitrogens with one attached hydrogen (secondary N) is 1. The van der Waals surface area contributed by atoms with Crippen molar-refractivity contribution in [1.29, 1.82) is 0 Å². The number of hydrogen-bond donors (Lipinski definition) is 4. The van der Waals surface area contributed by atoms with Gasteiger partial charge in [0.25, 0.3) is 6.02 Å². The molecule has 0 aromatic heterocycles. The number of aliphatic hydroxyl groups is 3. The molecule has 0 radical (unpaired) electrons. The zero-order valence-corrected chi connectivity index (χ0v) is 9.84. The summed E-state index contributed by atoms with van der Waals surface area (Å²) in [7, 11) is 0. The number of fused-ring (bicyclic) bond motifs is 1. The Labute approximate surface area is 106 Å². The average molecular weight is 284 g/mol. The molecule has 110 valence electrons. The van der Waals surface area contributed by atoms with Crippen LogP contribution in [0.25, 0.3) is 0 Å². The van der Waals surface area contributed by atoms with Gasteiger partial charge in [0.05, 0.1) is 6.10 Å². The van der Waals surface area contributed by atoms with Crippen LogP contribution >= 0.6 is 0 Å². The number of ether oxygens (including phenoxy) is 1. The standard InChI is InChI=1S/C10H15F3N2O4/c11-10(12,13)3-14-9-15-6-5(19-9)1-4(2-16)7(17)8(6)18/h4-8,16-18H,1-3H2,(H,14,15)/t4-,5+,6+,7-,8-/m1/s1. The van der Waals surface area contributed by atoms with Crippen LogP contribution < -0.4 is 5.32 Å². The molecule has 0 amide bonds. The highest BCUT2D eigenvalue weighted by atomic mass is 19.4. The first-order valence-corrected chi connectivity index (χ1v) is 5.84. The molecule has 5 atom stereocenters. The van der Waals surface area contributed by atoms with E-state index < -0.39 is 43.0 Å². The van der Waals surface area contributed by atoms with Crippen LogP contribution in [0.1, 0.15) is 6.42 Å². The van der Waals surface area contributed by atoms with Gasteiger partial charge in [0.15, 0.2) is 0 Å². The van der Waals surface area contributed by atoms with Crippen molar-refractivity contribution in [3.8, 4) is 0 Å². The van der Waals surface area contributed by atoms with Crippen molar-refractivity contribution in [3.63, 3.8) is 0 Å². The fourth-order valence-electron chi connectivity index (χ4n) is 2.31. The number of rotatable bonds is 2. The fourth-order valence-corrected chi connectivity index (χ4v) is 2.31. The Morgan fingerprint density at radius 3 is 2.58 bits per heavy atom. The quantitative estimate of drug-likeness (QED) is 0.521. The molecule has 0 aromatic rings. The van der Waals surface area contributed by atoms with E-state index in [9.17, 15) is 23.4 Å². The lowest BCUT2D eigenvalue weighted by Gasteiger charge is -2.36. The maximum atomic E-state index is 12.0. The second-order valence-corrected chi connectivity index (χ2v) is 4.71. The van der Waals surface area contributed by atoms with Crippen molar-refractivity contribution in [2.45, 2.75) is 37.0 Å². The molecule has 1 aliphatic heterocycles. The molecule has 0 saturated heterocycles. The summed E-state index contributed by atoms with van der Waals surface area (Å²) < 4.78 is 41.3. The molecule has 4 N–H and O–H groups in total. The van der Waals surface area contributed by atoms with Gasteiger partial charge < -0.3 is 25.4 Å². The van der Waals surface area contributed by atoms with Gasteiger partial charge in [-0.05, 0) is 6.42 Å². The van der Waals surface area contributed by atoms with Gasteiger partial charge in [-0.15, -0.1) is 0 Å². The SMILES string of the molecule is OC[C@H]1C[C@@H]2OC(NCC(F)(F)F)=N[C@@H]2[C@@H](O)[C@@H]1O. The van der Waals surface area contributed by atoms with E-state index in [2.05, 4.69) is 4.99 Å². The summed E-state index contributed by atoms with van der Waals surface area (Å²) in [5.41, 5.74) is 0. The van der Waals surface area contributed by atoms with Gasteiger partial charge in [0.1, 0.15) is 24.8 Å². The number of amidine groups is 1. The lowest BCUT2D eigenvalue weighted by Crippen LogP contribution is -2.52. The van der Waals surface area contributed by atoms with Gasteiger partial charge in [0.2, 0.25) is 0 Å². The van der Waals surface area contributed by atoms with Gasteiger partial charge >= 0.3 is 6.18 Å². The number of aliphatic imine (C=N–C) groups is 1. The largest absolute Gasteiger partial charge is 0.460 e. The monoisotopic (exact) mass is 284 g/mol. The summed E-state index contributed by atoms with van der Waals surface area (Å²) in [5.74, 6) is -0.576. The first kappa shape index (κ1) is 14.4. The lowest BCUT2D eigenvalue weighted by atomic mass is 9.80. The minimum Gasteiger partial charge on any atom is -0.460 e. The molecule has 0 unspecified atom stereocenters. The number of alkyl halides is 3. The first-order valence-electron chi connectivity index (χ1n) is 5.84. The third-order valence-corrected chi connectivity index (χ3v) is 3.30. The van der Waals surface area contributed by atoms with Crippen molar-refractivity contribution in [2.75, 3.05) is 13.2 Å². The van der Waals surface area contributed by atoms with E-state index in [0.29, 0.717) is 0 Å². The Kier molecular flexibility index (Phi) is 3.88. The van der Waals surface area contributed by atoms with E-state index in [-0.39, 0.29) is 19.0 Å². The van der Waals surface area contributed by atoms with Crippen molar-refractivity contribution < 1.29 is 33.2 Å². The molecule has 2 rings (SSSR count). The van der Waals surface area contributed by atoms with Gasteiger partial charge in [0, 0.05) is 12.5 Å². The highest BCUT2D eigenvalue weighted by Crippen LogP contribution is 2.32. The number of hydrogen-bond acceptors (Lipinski definition) is 6. The van der Waals surface area contributed by atoms with Gasteiger partial charge in [-0.25, -0.2) is 4.99 Å². The van der Waals surface area contributed by atoms with Crippen molar-refractivity contribution in [1.82, 2.24) is 5.32 Å². The molecule has 2 aliphatic rings. The summed E-state index contributed by atoms with van der Waals surface area (Å²) >= 11 is 0. The van der Waals surface area contributed by atoms with E-state index >= 15 is 0 Å². The summed E-state index contributed by atoms with van der Waals surface area (Å²) in [5, 5.41) is 30.5. The zero-order chi connectivity index (χ0) is 14.2. The Morgan fingerprint density at radius 2 is 2.00 bits per heavy atom. The molecule has 1 saturated carbocycles. The van der Waals surface area contributed by atoms with Gasteiger partial charge in [-0.3, -0.25) is 0 Å². The fraction of sp³-hybridized carbons (Fsp3) is 0.900. The van der Waals surface area contributed by atoms with Crippen molar-refractivity contribution in [2.24, 2.45) is 10.9 Å². The zero-order valence-electron chi connectivity index (χ0n) is 9.84. The summed E-state index contributed by atoms with van der Waals surface area (Å²) in [6, 6.07) is -1.11. The molecule has 0 aromatic carbocycles. The molecule has 9 heteroatoms. The second kappa shape index (κ2) is 5.14. The van der Waals surface area contributed by atoms with Crippen LogP contribution in [0.5, 0.6) is 0 Å². The van der Waals surface area contributed by atoms with E-state index in [4.69, 9.17) is 9.84 Å². The highest BCUT2D eigenvalue weighted by molar-refractivity contribution is 5.75. The normalized spacial score (nSPS) is 38.4. The van der Waals surface area contributed by atoms with Crippen LogP contribution in [-0.4, -0.2) is 65.0 Å². The van der Waals surface area contributed by atoms with Crippen molar-refractivity contribution >= 4 is 6.02 Å². The molecule has 19 heavy (non-hydrogen) atoms. The Balaban J connectivity index is 1.99. The maximum absolute atomic E-state index is 12.0. The predicted molar refractivity (Wildman–Crippen MR) is 57.4 cm³/mol. The molecule has 0 bridgehead atoms. The summed E-state index contributed by atoms with van der Waals surface area (Å²) in [6.07, 6.45) is -7.24. The minimum atomic E-state index is -4.40. The Bertz CT molecular complexity index is 363. The van der Waals surface area contributed by atoms with Crippen molar-refractivity contribution in [3.05, 3.63) is 0 Å². The van der Waals surface area contributed by atoms with Crippen LogP contribution in [0.15, 0.2) is 4.99 Å². The number of halogens is 3. The molecule has 6 nitrogen and oxygen atoms in total. The van der Waals surface area contributed by atoms with Crippen LogP contribution in [0.4, 0.5) is 13.2 Å². The Hall–Kier alpha value is -1.06. The molecular weight excluding hydrogens is 269 g/mol. The van der Waals surface area contributed by atoms with E-state index in [0.717, 1.165) is 0 Å². The molecular formula is C10H15F3N2O4. The van der Waals surface area contributed by atoms with E-state index in [1.165, 1.54) is 0 Å². The number of nitrogens with zero attached hydrogens (tertiary/aromatic N) is 1. The van der Waals surface area contributed by atoms with E-state index in [1.807, 2.05) is 5.32 Å². The Morgan fingerprint density at radius 1 is 1.32 bits per heavy atom. The van der Waals surface area contributed by atoms with Crippen LogP contribution in [-0.2, 0) is 4.74 Å². The molecule has 0 spiro atoms. The lowest BCUT2D eigenvalue weighted by molar-refractivity contribution is -0.123. The van der Waals surface area contributed by atoms with Gasteiger partial charge in [-0.1, -0.05) is 0 Å². The summed E-state index contributed by atoms with van der Waals surface area (Å²) in [4.78, 5) is 3.80.